The normalized spacial score (nSPS) is 12.8. The van der Waals surface area contributed by atoms with E-state index in [1.807, 2.05) is 0 Å². The molecule has 1 atom stereocenters. The molecule has 4 heteroatoms. The van der Waals surface area contributed by atoms with E-state index in [0.717, 1.165) is 0 Å². The SMILES string of the molecule is CC(N)c1ccc(-c2cccc(Cl)c2F)o1. The molecule has 0 aliphatic heterocycles. The minimum Gasteiger partial charge on any atom is -0.459 e. The van der Waals surface area contributed by atoms with Crippen molar-refractivity contribution in [2.45, 2.75) is 13.0 Å². The van der Waals surface area contributed by atoms with Crippen molar-refractivity contribution in [3.63, 3.8) is 0 Å². The Hall–Kier alpha value is -1.32. The zero-order chi connectivity index (χ0) is 11.7. The first-order valence-corrected chi connectivity index (χ1v) is 5.27. The summed E-state index contributed by atoms with van der Waals surface area (Å²) in [6.07, 6.45) is 0. The Morgan fingerprint density at radius 3 is 2.69 bits per heavy atom. The third-order valence-electron chi connectivity index (χ3n) is 2.29. The molecule has 0 saturated carbocycles. The molecule has 0 aliphatic carbocycles. The smallest absolute Gasteiger partial charge is 0.152 e. The molecule has 1 aromatic heterocycles. The minimum absolute atomic E-state index is 0.0799. The van der Waals surface area contributed by atoms with Crippen molar-refractivity contribution in [1.82, 2.24) is 0 Å². The lowest BCUT2D eigenvalue weighted by Gasteiger charge is -2.02. The molecule has 2 aromatic rings. The summed E-state index contributed by atoms with van der Waals surface area (Å²) in [7, 11) is 0. The molecule has 1 heterocycles. The summed E-state index contributed by atoms with van der Waals surface area (Å²) in [5.41, 5.74) is 6.01. The highest BCUT2D eigenvalue weighted by atomic mass is 35.5. The number of hydrogen-bond donors (Lipinski definition) is 1. The number of rotatable bonds is 2. The van der Waals surface area contributed by atoms with Crippen LogP contribution in [0.15, 0.2) is 34.7 Å². The molecule has 1 aromatic carbocycles. The molecule has 2 rings (SSSR count). The van der Waals surface area contributed by atoms with Crippen molar-refractivity contribution >= 4 is 11.6 Å². The monoisotopic (exact) mass is 239 g/mol. The lowest BCUT2D eigenvalue weighted by molar-refractivity contribution is 0.487. The molecular weight excluding hydrogens is 229 g/mol. The van der Waals surface area contributed by atoms with E-state index >= 15 is 0 Å². The van der Waals surface area contributed by atoms with Crippen LogP contribution in [-0.2, 0) is 0 Å². The van der Waals surface area contributed by atoms with E-state index in [-0.39, 0.29) is 11.1 Å². The molecular formula is C12H11ClFNO. The molecule has 0 amide bonds. The third kappa shape index (κ3) is 1.96. The molecule has 0 spiro atoms. The molecule has 0 bridgehead atoms. The van der Waals surface area contributed by atoms with E-state index < -0.39 is 5.82 Å². The lowest BCUT2D eigenvalue weighted by Crippen LogP contribution is -2.02. The zero-order valence-corrected chi connectivity index (χ0v) is 9.46. The molecule has 0 radical (unpaired) electrons. The Kier molecular flexibility index (Phi) is 2.99. The van der Waals surface area contributed by atoms with Crippen LogP contribution in [0.25, 0.3) is 11.3 Å². The van der Waals surface area contributed by atoms with E-state index in [1.165, 1.54) is 6.07 Å². The lowest BCUT2D eigenvalue weighted by atomic mass is 10.1. The first-order chi connectivity index (χ1) is 7.59. The van der Waals surface area contributed by atoms with E-state index in [2.05, 4.69) is 0 Å². The van der Waals surface area contributed by atoms with Crippen LogP contribution in [0.2, 0.25) is 5.02 Å². The minimum atomic E-state index is -0.477. The van der Waals surface area contributed by atoms with Crippen LogP contribution in [0.1, 0.15) is 18.7 Å². The van der Waals surface area contributed by atoms with Gasteiger partial charge in [0.15, 0.2) is 5.82 Å². The molecule has 16 heavy (non-hydrogen) atoms. The number of benzene rings is 1. The Bertz CT molecular complexity index is 507. The van der Waals surface area contributed by atoms with Crippen LogP contribution < -0.4 is 5.73 Å². The molecule has 0 fully saturated rings. The summed E-state index contributed by atoms with van der Waals surface area (Å²) >= 11 is 5.69. The van der Waals surface area contributed by atoms with Crippen LogP contribution >= 0.6 is 11.6 Å². The first kappa shape index (κ1) is 11.2. The summed E-state index contributed by atoms with van der Waals surface area (Å²) in [6, 6.07) is 8.00. The average Bonchev–Trinajstić information content (AvgIpc) is 2.71. The summed E-state index contributed by atoms with van der Waals surface area (Å²) in [5.74, 6) is 0.580. The second-order valence-corrected chi connectivity index (χ2v) is 4.00. The fraction of sp³-hybridized carbons (Fsp3) is 0.167. The van der Waals surface area contributed by atoms with E-state index in [4.69, 9.17) is 21.8 Å². The van der Waals surface area contributed by atoms with Crippen molar-refractivity contribution in [1.29, 1.82) is 0 Å². The molecule has 2 nitrogen and oxygen atoms in total. The van der Waals surface area contributed by atoms with Crippen LogP contribution in [-0.4, -0.2) is 0 Å². The van der Waals surface area contributed by atoms with E-state index in [0.29, 0.717) is 17.1 Å². The summed E-state index contributed by atoms with van der Waals surface area (Å²) in [6.45, 7) is 1.80. The third-order valence-corrected chi connectivity index (χ3v) is 2.58. The standard InChI is InChI=1S/C12H11ClFNO/c1-7(15)10-5-6-11(16-10)8-3-2-4-9(13)12(8)14/h2-7H,15H2,1H3. The number of nitrogens with two attached hydrogens (primary N) is 1. The van der Waals surface area contributed by atoms with Gasteiger partial charge in [-0.3, -0.25) is 0 Å². The maximum atomic E-state index is 13.7. The van der Waals surface area contributed by atoms with Crippen molar-refractivity contribution in [2.24, 2.45) is 5.73 Å². The topological polar surface area (TPSA) is 39.2 Å². The van der Waals surface area contributed by atoms with Crippen molar-refractivity contribution in [2.75, 3.05) is 0 Å². The molecule has 1 unspecified atom stereocenters. The highest BCUT2D eigenvalue weighted by Gasteiger charge is 2.13. The van der Waals surface area contributed by atoms with Crippen LogP contribution in [0, 0.1) is 5.82 Å². The van der Waals surface area contributed by atoms with Gasteiger partial charge in [0.1, 0.15) is 11.5 Å². The Morgan fingerprint density at radius 2 is 2.06 bits per heavy atom. The van der Waals surface area contributed by atoms with Crippen LogP contribution in [0.5, 0.6) is 0 Å². The molecule has 2 N–H and O–H groups in total. The maximum Gasteiger partial charge on any atom is 0.152 e. The van der Waals surface area contributed by atoms with Crippen molar-refractivity contribution < 1.29 is 8.81 Å². The number of furan rings is 1. The summed E-state index contributed by atoms with van der Waals surface area (Å²) in [4.78, 5) is 0. The fourth-order valence-corrected chi connectivity index (χ4v) is 1.61. The highest BCUT2D eigenvalue weighted by molar-refractivity contribution is 6.31. The van der Waals surface area contributed by atoms with E-state index in [9.17, 15) is 4.39 Å². The second kappa shape index (κ2) is 4.28. The Balaban J connectivity index is 2.47. The summed E-state index contributed by atoms with van der Waals surface area (Å²) in [5, 5.41) is 0.0799. The van der Waals surface area contributed by atoms with Crippen LogP contribution in [0.4, 0.5) is 4.39 Å². The zero-order valence-electron chi connectivity index (χ0n) is 8.71. The predicted octanol–water partition coefficient (Wildman–Crippen LogP) is 3.76. The quantitative estimate of drug-likeness (QED) is 0.867. The number of hydrogen-bond acceptors (Lipinski definition) is 2. The van der Waals surface area contributed by atoms with Gasteiger partial charge in [0.05, 0.1) is 16.6 Å². The van der Waals surface area contributed by atoms with Gasteiger partial charge in [0.2, 0.25) is 0 Å². The van der Waals surface area contributed by atoms with Gasteiger partial charge in [-0.15, -0.1) is 0 Å². The van der Waals surface area contributed by atoms with E-state index in [1.54, 1.807) is 31.2 Å². The first-order valence-electron chi connectivity index (χ1n) is 4.89. The Morgan fingerprint density at radius 1 is 1.31 bits per heavy atom. The van der Waals surface area contributed by atoms with Gasteiger partial charge >= 0.3 is 0 Å². The van der Waals surface area contributed by atoms with Crippen molar-refractivity contribution in [3.8, 4) is 11.3 Å². The molecule has 84 valence electrons. The molecule has 0 aliphatic rings. The fourth-order valence-electron chi connectivity index (χ4n) is 1.44. The average molecular weight is 240 g/mol. The van der Waals surface area contributed by atoms with Gasteiger partial charge in [-0.1, -0.05) is 17.7 Å². The van der Waals surface area contributed by atoms with Gasteiger partial charge in [-0.05, 0) is 31.2 Å². The molecule has 0 saturated heterocycles. The van der Waals surface area contributed by atoms with Gasteiger partial charge < -0.3 is 10.2 Å². The van der Waals surface area contributed by atoms with Gasteiger partial charge in [-0.2, -0.15) is 0 Å². The van der Waals surface area contributed by atoms with Crippen LogP contribution in [0.3, 0.4) is 0 Å². The van der Waals surface area contributed by atoms with Gasteiger partial charge in [0, 0.05) is 0 Å². The highest BCUT2D eigenvalue weighted by Crippen LogP contribution is 2.29. The Labute approximate surface area is 97.8 Å². The van der Waals surface area contributed by atoms with Crippen molar-refractivity contribution in [3.05, 3.63) is 46.9 Å². The largest absolute Gasteiger partial charge is 0.459 e. The van der Waals surface area contributed by atoms with Gasteiger partial charge in [-0.25, -0.2) is 4.39 Å². The second-order valence-electron chi connectivity index (χ2n) is 3.59. The summed E-state index contributed by atoms with van der Waals surface area (Å²) < 4.78 is 19.1. The maximum absolute atomic E-state index is 13.7. The predicted molar refractivity (Wildman–Crippen MR) is 61.7 cm³/mol. The van der Waals surface area contributed by atoms with Gasteiger partial charge in [0.25, 0.3) is 0 Å². The number of halogens is 2.